The molecule has 3 aliphatic rings. The molecular formula is C18H25NO2. The van der Waals surface area contributed by atoms with Crippen LogP contribution in [0.5, 0.6) is 0 Å². The Morgan fingerprint density at radius 3 is 2.14 bits per heavy atom. The standard InChI is InChI=1S/C18H25NO2/c1-17(2,13-16(20)21)14-3-5-15(6-4-14)18-7-10-19(11-8-18)12-9-18/h3-6H,7-13H2,1-2H3,(H,20,21). The number of aliphatic carboxylic acids is 1. The van der Waals surface area contributed by atoms with E-state index in [1.807, 2.05) is 13.8 Å². The first-order valence-electron chi connectivity index (χ1n) is 7.97. The molecule has 0 unspecified atom stereocenters. The molecule has 114 valence electrons. The molecular weight excluding hydrogens is 262 g/mol. The van der Waals surface area contributed by atoms with Crippen molar-refractivity contribution in [2.45, 2.75) is 50.4 Å². The van der Waals surface area contributed by atoms with Gasteiger partial charge in [0.2, 0.25) is 0 Å². The van der Waals surface area contributed by atoms with E-state index in [4.69, 9.17) is 5.11 Å². The van der Waals surface area contributed by atoms with Crippen LogP contribution in [0.4, 0.5) is 0 Å². The predicted molar refractivity (Wildman–Crippen MR) is 83.7 cm³/mol. The lowest BCUT2D eigenvalue weighted by Crippen LogP contribution is -2.50. The van der Waals surface area contributed by atoms with Crippen LogP contribution in [0.2, 0.25) is 0 Å². The van der Waals surface area contributed by atoms with Gasteiger partial charge in [-0.1, -0.05) is 38.1 Å². The maximum absolute atomic E-state index is 11.0. The summed E-state index contributed by atoms with van der Waals surface area (Å²) in [5, 5.41) is 9.05. The molecule has 3 heteroatoms. The molecule has 21 heavy (non-hydrogen) atoms. The van der Waals surface area contributed by atoms with Gasteiger partial charge in [0.1, 0.15) is 0 Å². The molecule has 4 rings (SSSR count). The van der Waals surface area contributed by atoms with E-state index in [1.165, 1.54) is 44.5 Å². The Kier molecular flexibility index (Phi) is 3.56. The number of nitrogens with zero attached hydrogens (tertiary/aromatic N) is 1. The molecule has 3 aliphatic heterocycles. The second-order valence-corrected chi connectivity index (χ2v) is 7.40. The first-order chi connectivity index (χ1) is 9.91. The summed E-state index contributed by atoms with van der Waals surface area (Å²) in [7, 11) is 0. The first kappa shape index (κ1) is 14.6. The van der Waals surface area contributed by atoms with Crippen LogP contribution in [0.15, 0.2) is 24.3 Å². The summed E-state index contributed by atoms with van der Waals surface area (Å²) in [6.45, 7) is 7.70. The van der Waals surface area contributed by atoms with Gasteiger partial charge in [-0.15, -0.1) is 0 Å². The minimum absolute atomic E-state index is 0.173. The smallest absolute Gasteiger partial charge is 0.304 e. The third-order valence-electron chi connectivity index (χ3n) is 5.59. The van der Waals surface area contributed by atoms with Crippen LogP contribution in [0, 0.1) is 0 Å². The molecule has 1 aromatic rings. The summed E-state index contributed by atoms with van der Waals surface area (Å²) in [6.07, 6.45) is 3.98. The summed E-state index contributed by atoms with van der Waals surface area (Å²) < 4.78 is 0. The molecule has 0 aliphatic carbocycles. The molecule has 1 aromatic carbocycles. The van der Waals surface area contributed by atoms with Crippen LogP contribution in [0.1, 0.15) is 50.7 Å². The lowest BCUT2D eigenvalue weighted by atomic mass is 9.67. The van der Waals surface area contributed by atoms with Gasteiger partial charge in [0, 0.05) is 5.41 Å². The topological polar surface area (TPSA) is 40.5 Å². The van der Waals surface area contributed by atoms with Crippen LogP contribution in [-0.4, -0.2) is 35.6 Å². The molecule has 1 N–H and O–H groups in total. The Hall–Kier alpha value is -1.35. The molecule has 0 atom stereocenters. The quantitative estimate of drug-likeness (QED) is 0.924. The molecule has 0 radical (unpaired) electrons. The number of piperidine rings is 3. The Labute approximate surface area is 127 Å². The molecule has 0 amide bonds. The van der Waals surface area contributed by atoms with Crippen molar-refractivity contribution in [3.63, 3.8) is 0 Å². The molecule has 3 saturated heterocycles. The maximum Gasteiger partial charge on any atom is 0.304 e. The van der Waals surface area contributed by atoms with E-state index < -0.39 is 5.97 Å². The van der Waals surface area contributed by atoms with Gasteiger partial charge in [-0.25, -0.2) is 0 Å². The highest BCUT2D eigenvalue weighted by Gasteiger charge is 2.40. The minimum Gasteiger partial charge on any atom is -0.481 e. The normalized spacial score (nSPS) is 28.6. The third kappa shape index (κ3) is 2.71. The molecule has 3 fully saturated rings. The van der Waals surface area contributed by atoms with E-state index in [0.29, 0.717) is 5.41 Å². The molecule has 2 bridgehead atoms. The number of benzene rings is 1. The van der Waals surface area contributed by atoms with Crippen LogP contribution in [0.3, 0.4) is 0 Å². The van der Waals surface area contributed by atoms with Gasteiger partial charge in [-0.05, 0) is 55.4 Å². The highest BCUT2D eigenvalue weighted by molar-refractivity contribution is 5.68. The predicted octanol–water partition coefficient (Wildman–Crippen LogP) is 3.18. The van der Waals surface area contributed by atoms with Crippen molar-refractivity contribution in [3.8, 4) is 0 Å². The van der Waals surface area contributed by atoms with Gasteiger partial charge in [-0.2, -0.15) is 0 Å². The largest absolute Gasteiger partial charge is 0.481 e. The fourth-order valence-electron chi connectivity index (χ4n) is 4.01. The van der Waals surface area contributed by atoms with E-state index in [9.17, 15) is 4.79 Å². The zero-order chi connectivity index (χ0) is 15.1. The Balaban J connectivity index is 1.82. The maximum atomic E-state index is 11.0. The van der Waals surface area contributed by atoms with Crippen molar-refractivity contribution in [1.29, 1.82) is 0 Å². The third-order valence-corrected chi connectivity index (χ3v) is 5.59. The summed E-state index contributed by atoms with van der Waals surface area (Å²) in [5.41, 5.74) is 2.65. The highest BCUT2D eigenvalue weighted by Crippen LogP contribution is 2.43. The van der Waals surface area contributed by atoms with Gasteiger partial charge in [0.05, 0.1) is 6.42 Å². The molecule has 0 spiro atoms. The second kappa shape index (κ2) is 5.13. The fraction of sp³-hybridized carbons (Fsp3) is 0.611. The lowest BCUT2D eigenvalue weighted by Gasteiger charge is -2.49. The number of carbonyl (C=O) groups is 1. The van der Waals surface area contributed by atoms with Crippen molar-refractivity contribution in [1.82, 2.24) is 4.90 Å². The summed E-state index contributed by atoms with van der Waals surface area (Å²) in [6, 6.07) is 8.79. The number of rotatable bonds is 4. The highest BCUT2D eigenvalue weighted by atomic mass is 16.4. The number of fused-ring (bicyclic) bond motifs is 3. The molecule has 3 heterocycles. The summed E-state index contributed by atoms with van der Waals surface area (Å²) >= 11 is 0. The van der Waals surface area contributed by atoms with Gasteiger partial charge < -0.3 is 10.0 Å². The van der Waals surface area contributed by atoms with Gasteiger partial charge in [0.15, 0.2) is 0 Å². The monoisotopic (exact) mass is 287 g/mol. The van der Waals surface area contributed by atoms with Crippen molar-refractivity contribution in [2.24, 2.45) is 0 Å². The van der Waals surface area contributed by atoms with Gasteiger partial charge in [-0.3, -0.25) is 4.79 Å². The zero-order valence-electron chi connectivity index (χ0n) is 13.1. The van der Waals surface area contributed by atoms with Crippen molar-refractivity contribution in [2.75, 3.05) is 19.6 Å². The fourth-order valence-corrected chi connectivity index (χ4v) is 4.01. The average Bonchev–Trinajstić information content (AvgIpc) is 2.48. The van der Waals surface area contributed by atoms with E-state index >= 15 is 0 Å². The van der Waals surface area contributed by atoms with Crippen molar-refractivity contribution in [3.05, 3.63) is 35.4 Å². The molecule has 0 aromatic heterocycles. The summed E-state index contributed by atoms with van der Waals surface area (Å²) in [5.74, 6) is -0.734. The van der Waals surface area contributed by atoms with Crippen molar-refractivity contribution < 1.29 is 9.90 Å². The summed E-state index contributed by atoms with van der Waals surface area (Å²) in [4.78, 5) is 13.6. The lowest BCUT2D eigenvalue weighted by molar-refractivity contribution is -0.138. The SMILES string of the molecule is CC(C)(CC(=O)O)c1ccc(C23CCN(CC2)CC3)cc1. The number of hydrogen-bond donors (Lipinski definition) is 1. The molecule has 0 saturated carbocycles. The van der Waals surface area contributed by atoms with Crippen LogP contribution in [-0.2, 0) is 15.6 Å². The van der Waals surface area contributed by atoms with E-state index in [0.717, 1.165) is 5.56 Å². The Bertz CT molecular complexity index is 511. The number of carboxylic acid groups (broad SMARTS) is 1. The van der Waals surface area contributed by atoms with E-state index in [2.05, 4.69) is 29.2 Å². The minimum atomic E-state index is -0.734. The average molecular weight is 287 g/mol. The zero-order valence-corrected chi connectivity index (χ0v) is 13.1. The molecule has 3 nitrogen and oxygen atoms in total. The second-order valence-electron chi connectivity index (χ2n) is 7.40. The van der Waals surface area contributed by atoms with E-state index in [1.54, 1.807) is 0 Å². The Morgan fingerprint density at radius 2 is 1.67 bits per heavy atom. The van der Waals surface area contributed by atoms with Crippen LogP contribution in [0.25, 0.3) is 0 Å². The van der Waals surface area contributed by atoms with Crippen LogP contribution < -0.4 is 0 Å². The first-order valence-corrected chi connectivity index (χ1v) is 7.97. The van der Waals surface area contributed by atoms with Gasteiger partial charge in [0.25, 0.3) is 0 Å². The number of carboxylic acids is 1. The van der Waals surface area contributed by atoms with Crippen LogP contribution >= 0.6 is 0 Å². The van der Waals surface area contributed by atoms with Crippen molar-refractivity contribution >= 4 is 5.97 Å². The number of hydrogen-bond acceptors (Lipinski definition) is 2. The van der Waals surface area contributed by atoms with E-state index in [-0.39, 0.29) is 11.8 Å². The van der Waals surface area contributed by atoms with Gasteiger partial charge >= 0.3 is 5.97 Å². The Morgan fingerprint density at radius 1 is 1.14 bits per heavy atom.